The molecule has 3 N–H and O–H groups in total. The van der Waals surface area contributed by atoms with Crippen molar-refractivity contribution >= 4 is 5.91 Å². The van der Waals surface area contributed by atoms with E-state index in [0.717, 1.165) is 12.8 Å². The van der Waals surface area contributed by atoms with Gasteiger partial charge in [0.05, 0.1) is 0 Å². The molecule has 106 valence electrons. The molecule has 1 unspecified atom stereocenters. The Labute approximate surface area is 112 Å². The van der Waals surface area contributed by atoms with Crippen LogP contribution in [0, 0.1) is 5.92 Å². The average Bonchev–Trinajstić information content (AvgIpc) is 3.07. The molecule has 1 aliphatic rings. The van der Waals surface area contributed by atoms with Crippen molar-refractivity contribution in [2.45, 2.75) is 38.3 Å². The zero-order valence-electron chi connectivity index (χ0n) is 11.2. The first kappa shape index (κ1) is 14.0. The summed E-state index contributed by atoms with van der Waals surface area (Å²) in [4.78, 5) is 12.1. The van der Waals surface area contributed by atoms with Crippen molar-refractivity contribution in [3.63, 3.8) is 0 Å². The first-order valence-electron chi connectivity index (χ1n) is 6.70. The number of carbonyl (C=O) groups excluding carboxylic acids is 1. The van der Waals surface area contributed by atoms with Crippen molar-refractivity contribution < 1.29 is 14.1 Å². The van der Waals surface area contributed by atoms with Crippen LogP contribution in [0.1, 0.15) is 41.9 Å². The molecule has 1 atom stereocenters. The molecule has 6 nitrogen and oxygen atoms in total. The van der Waals surface area contributed by atoms with Gasteiger partial charge in [0.25, 0.3) is 5.91 Å². The summed E-state index contributed by atoms with van der Waals surface area (Å²) in [6.45, 7) is 0.766. The zero-order chi connectivity index (χ0) is 13.7. The van der Waals surface area contributed by atoms with Gasteiger partial charge in [0.15, 0.2) is 11.5 Å². The molecule has 0 aromatic carbocycles. The molecule has 1 saturated carbocycles. The van der Waals surface area contributed by atoms with Gasteiger partial charge in [0.1, 0.15) is 6.61 Å². The lowest BCUT2D eigenvalue weighted by Crippen LogP contribution is -2.44. The fraction of sp³-hybridized carbons (Fsp3) is 0.692. The van der Waals surface area contributed by atoms with E-state index >= 15 is 0 Å². The zero-order valence-corrected chi connectivity index (χ0v) is 11.2. The molecular formula is C13H21N3O3. The van der Waals surface area contributed by atoms with Gasteiger partial charge >= 0.3 is 0 Å². The number of aromatic nitrogens is 1. The topological polar surface area (TPSA) is 90.4 Å². The molecule has 1 heterocycles. The SMILES string of the molecule is COCc1cc(C(=O)NC(CN)C2CCCC2)no1. The highest BCUT2D eigenvalue weighted by Crippen LogP contribution is 2.27. The van der Waals surface area contributed by atoms with Crippen molar-refractivity contribution in [1.29, 1.82) is 0 Å². The summed E-state index contributed by atoms with van der Waals surface area (Å²) in [7, 11) is 1.56. The minimum absolute atomic E-state index is 0.0255. The van der Waals surface area contributed by atoms with Crippen LogP contribution in [0.3, 0.4) is 0 Å². The maximum Gasteiger partial charge on any atom is 0.273 e. The Morgan fingerprint density at radius 3 is 3.00 bits per heavy atom. The molecule has 0 bridgehead atoms. The average molecular weight is 267 g/mol. The van der Waals surface area contributed by atoms with E-state index in [2.05, 4.69) is 10.5 Å². The van der Waals surface area contributed by atoms with Gasteiger partial charge < -0.3 is 20.3 Å². The van der Waals surface area contributed by atoms with E-state index in [1.807, 2.05) is 0 Å². The van der Waals surface area contributed by atoms with Gasteiger partial charge in [0, 0.05) is 25.8 Å². The smallest absolute Gasteiger partial charge is 0.273 e. The van der Waals surface area contributed by atoms with Crippen LogP contribution in [0.15, 0.2) is 10.6 Å². The van der Waals surface area contributed by atoms with Crippen LogP contribution in [0.5, 0.6) is 0 Å². The quantitative estimate of drug-likeness (QED) is 0.804. The van der Waals surface area contributed by atoms with Crippen molar-refractivity contribution in [2.24, 2.45) is 11.7 Å². The molecule has 0 radical (unpaired) electrons. The van der Waals surface area contributed by atoms with E-state index in [1.54, 1.807) is 13.2 Å². The number of nitrogens with zero attached hydrogens (tertiary/aromatic N) is 1. The van der Waals surface area contributed by atoms with Crippen molar-refractivity contribution in [2.75, 3.05) is 13.7 Å². The number of hydrogen-bond donors (Lipinski definition) is 2. The highest BCUT2D eigenvalue weighted by molar-refractivity contribution is 5.92. The molecule has 1 fully saturated rings. The van der Waals surface area contributed by atoms with Crippen LogP contribution in [0.25, 0.3) is 0 Å². The monoisotopic (exact) mass is 267 g/mol. The van der Waals surface area contributed by atoms with Gasteiger partial charge in [-0.25, -0.2) is 0 Å². The molecule has 0 saturated heterocycles. The normalized spacial score (nSPS) is 17.6. The van der Waals surface area contributed by atoms with E-state index in [1.165, 1.54) is 12.8 Å². The summed E-state index contributed by atoms with van der Waals surface area (Å²) in [5, 5.41) is 6.69. The second kappa shape index (κ2) is 6.68. The highest BCUT2D eigenvalue weighted by atomic mass is 16.5. The molecule has 19 heavy (non-hydrogen) atoms. The molecule has 0 aliphatic heterocycles. The van der Waals surface area contributed by atoms with E-state index in [9.17, 15) is 4.79 Å². The minimum atomic E-state index is -0.228. The fourth-order valence-electron chi connectivity index (χ4n) is 2.60. The first-order chi connectivity index (χ1) is 9.24. The highest BCUT2D eigenvalue weighted by Gasteiger charge is 2.26. The van der Waals surface area contributed by atoms with Crippen molar-refractivity contribution in [3.8, 4) is 0 Å². The van der Waals surface area contributed by atoms with Crippen molar-refractivity contribution in [3.05, 3.63) is 17.5 Å². The van der Waals surface area contributed by atoms with Crippen LogP contribution in [0.2, 0.25) is 0 Å². The molecule has 2 rings (SSSR count). The maximum atomic E-state index is 12.1. The number of methoxy groups -OCH3 is 1. The van der Waals surface area contributed by atoms with Crippen LogP contribution < -0.4 is 11.1 Å². The predicted molar refractivity (Wildman–Crippen MR) is 69.5 cm³/mol. The second-order valence-electron chi connectivity index (χ2n) is 4.97. The Morgan fingerprint density at radius 1 is 1.63 bits per heavy atom. The Balaban J connectivity index is 1.94. The Kier molecular flexibility index (Phi) is 4.93. The molecule has 6 heteroatoms. The van der Waals surface area contributed by atoms with Crippen LogP contribution in [0.4, 0.5) is 0 Å². The van der Waals surface area contributed by atoms with Gasteiger partial charge in [-0.05, 0) is 18.8 Å². The standard InChI is InChI=1S/C13H21N3O3/c1-18-8-10-6-11(16-19-10)13(17)15-12(7-14)9-4-2-3-5-9/h6,9,12H,2-5,7-8,14H2,1H3,(H,15,17). The van der Waals surface area contributed by atoms with Crippen molar-refractivity contribution in [1.82, 2.24) is 10.5 Å². The molecule has 1 aromatic rings. The number of rotatable bonds is 6. The number of carbonyl (C=O) groups is 1. The second-order valence-corrected chi connectivity index (χ2v) is 4.97. The summed E-state index contributed by atoms with van der Waals surface area (Å²) in [5.41, 5.74) is 6.03. The third-order valence-electron chi connectivity index (χ3n) is 3.62. The summed E-state index contributed by atoms with van der Waals surface area (Å²) in [6, 6.07) is 1.62. The summed E-state index contributed by atoms with van der Waals surface area (Å²) in [5.74, 6) is 0.797. The minimum Gasteiger partial charge on any atom is -0.377 e. The predicted octanol–water partition coefficient (Wildman–Crippen LogP) is 1.07. The van der Waals surface area contributed by atoms with Gasteiger partial charge in [-0.1, -0.05) is 18.0 Å². The van der Waals surface area contributed by atoms with E-state index in [-0.39, 0.29) is 17.6 Å². The van der Waals surface area contributed by atoms with Gasteiger partial charge in [0.2, 0.25) is 0 Å². The van der Waals surface area contributed by atoms with Crippen LogP contribution in [-0.2, 0) is 11.3 Å². The Morgan fingerprint density at radius 2 is 2.37 bits per heavy atom. The number of amides is 1. The lowest BCUT2D eigenvalue weighted by Gasteiger charge is -2.22. The first-order valence-corrected chi connectivity index (χ1v) is 6.70. The lowest BCUT2D eigenvalue weighted by atomic mass is 9.98. The third-order valence-corrected chi connectivity index (χ3v) is 3.62. The largest absolute Gasteiger partial charge is 0.377 e. The summed E-state index contributed by atoms with van der Waals surface area (Å²) < 4.78 is 9.92. The van der Waals surface area contributed by atoms with Gasteiger partial charge in [-0.15, -0.1) is 0 Å². The summed E-state index contributed by atoms with van der Waals surface area (Å²) >= 11 is 0. The molecule has 0 spiro atoms. The van der Waals surface area contributed by atoms with Gasteiger partial charge in [-0.3, -0.25) is 4.79 Å². The number of nitrogens with one attached hydrogen (secondary N) is 1. The van der Waals surface area contributed by atoms with E-state index < -0.39 is 0 Å². The van der Waals surface area contributed by atoms with Crippen LogP contribution in [-0.4, -0.2) is 30.8 Å². The fourth-order valence-corrected chi connectivity index (χ4v) is 2.60. The van der Waals surface area contributed by atoms with Crippen LogP contribution >= 0.6 is 0 Å². The van der Waals surface area contributed by atoms with E-state index in [0.29, 0.717) is 24.8 Å². The number of nitrogens with two attached hydrogens (primary N) is 1. The molecular weight excluding hydrogens is 246 g/mol. The number of hydrogen-bond acceptors (Lipinski definition) is 5. The number of ether oxygens (including phenoxy) is 1. The lowest BCUT2D eigenvalue weighted by molar-refractivity contribution is 0.0914. The van der Waals surface area contributed by atoms with Gasteiger partial charge in [-0.2, -0.15) is 0 Å². The summed E-state index contributed by atoms with van der Waals surface area (Å²) in [6.07, 6.45) is 4.71. The molecule has 1 aromatic heterocycles. The Bertz CT molecular complexity index is 413. The third kappa shape index (κ3) is 3.54. The van der Waals surface area contributed by atoms with E-state index in [4.69, 9.17) is 15.0 Å². The molecule has 1 aliphatic carbocycles. The Hall–Kier alpha value is -1.40. The maximum absolute atomic E-state index is 12.1. The molecule has 1 amide bonds.